The Hall–Kier alpha value is -0.960. The van der Waals surface area contributed by atoms with Gasteiger partial charge in [-0.1, -0.05) is 0 Å². The summed E-state index contributed by atoms with van der Waals surface area (Å²) in [5.41, 5.74) is 1.09. The van der Waals surface area contributed by atoms with Gasteiger partial charge in [0.25, 0.3) is 0 Å². The van der Waals surface area contributed by atoms with Crippen LogP contribution < -0.4 is 0 Å². The average Bonchev–Trinajstić information content (AvgIpc) is 2.87. The highest BCUT2D eigenvalue weighted by Crippen LogP contribution is 2.38. The van der Waals surface area contributed by atoms with Crippen molar-refractivity contribution in [3.8, 4) is 0 Å². The molecule has 0 aliphatic heterocycles. The van der Waals surface area contributed by atoms with E-state index in [0.29, 0.717) is 11.7 Å². The Morgan fingerprint density at radius 1 is 1.55 bits per heavy atom. The summed E-state index contributed by atoms with van der Waals surface area (Å²) in [5, 5.41) is 8.74. The van der Waals surface area contributed by atoms with Crippen LogP contribution in [0.2, 0.25) is 0 Å². The molecule has 58 valence electrons. The highest BCUT2D eigenvalue weighted by Gasteiger charge is 2.24. The number of aliphatic hydroxyl groups excluding tert-OH is 1. The number of hydrogen-bond donors (Lipinski definition) is 1. The molecular weight excluding hydrogens is 140 g/mol. The molecule has 0 atom stereocenters. The minimum absolute atomic E-state index is 0.0550. The van der Waals surface area contributed by atoms with Crippen molar-refractivity contribution in [1.29, 1.82) is 0 Å². The van der Waals surface area contributed by atoms with E-state index in [1.165, 1.54) is 12.8 Å². The van der Waals surface area contributed by atoms with Gasteiger partial charge in [0.05, 0.1) is 0 Å². The molecule has 0 saturated heterocycles. The molecule has 1 N–H and O–H groups in total. The fourth-order valence-electron chi connectivity index (χ4n) is 1.10. The zero-order valence-corrected chi connectivity index (χ0v) is 6.20. The third-order valence-electron chi connectivity index (χ3n) is 1.86. The zero-order chi connectivity index (χ0) is 7.68. The summed E-state index contributed by atoms with van der Waals surface area (Å²) in [6.45, 7) is -0.0550. The Morgan fingerprint density at radius 2 is 2.36 bits per heavy atom. The van der Waals surface area contributed by atoms with E-state index < -0.39 is 0 Å². The molecule has 3 heteroatoms. The molecule has 0 unspecified atom stereocenters. The molecule has 11 heavy (non-hydrogen) atoms. The standard InChI is InChI=1S/C8H10N2O/c11-5-8-9-4-3-7(10-8)6-1-2-6/h3-4,6,11H,1-2,5H2. The third-order valence-corrected chi connectivity index (χ3v) is 1.86. The van der Waals surface area contributed by atoms with Crippen molar-refractivity contribution in [3.63, 3.8) is 0 Å². The molecule has 1 aromatic heterocycles. The normalized spacial score (nSPS) is 16.8. The maximum Gasteiger partial charge on any atom is 0.153 e. The lowest BCUT2D eigenvalue weighted by atomic mass is 10.3. The molecule has 0 spiro atoms. The largest absolute Gasteiger partial charge is 0.388 e. The van der Waals surface area contributed by atoms with Crippen LogP contribution in [0.3, 0.4) is 0 Å². The Bertz CT molecular complexity index is 258. The van der Waals surface area contributed by atoms with Crippen molar-refractivity contribution in [2.75, 3.05) is 0 Å². The van der Waals surface area contributed by atoms with Gasteiger partial charge in [-0.05, 0) is 18.9 Å². The van der Waals surface area contributed by atoms with E-state index in [-0.39, 0.29) is 6.61 Å². The van der Waals surface area contributed by atoms with E-state index in [1.807, 2.05) is 6.07 Å². The van der Waals surface area contributed by atoms with Crippen LogP contribution in [0.5, 0.6) is 0 Å². The first-order valence-corrected chi connectivity index (χ1v) is 3.83. The molecule has 1 saturated carbocycles. The quantitative estimate of drug-likeness (QED) is 0.679. The molecule has 1 heterocycles. The highest BCUT2D eigenvalue weighted by atomic mass is 16.3. The summed E-state index contributed by atoms with van der Waals surface area (Å²) >= 11 is 0. The van der Waals surface area contributed by atoms with Crippen LogP contribution in [-0.4, -0.2) is 15.1 Å². The third kappa shape index (κ3) is 1.38. The predicted octanol–water partition coefficient (Wildman–Crippen LogP) is 0.846. The average molecular weight is 150 g/mol. The highest BCUT2D eigenvalue weighted by molar-refractivity contribution is 5.13. The Balaban J connectivity index is 2.26. The summed E-state index contributed by atoms with van der Waals surface area (Å²) < 4.78 is 0. The number of hydrogen-bond acceptors (Lipinski definition) is 3. The van der Waals surface area contributed by atoms with Crippen LogP contribution in [0, 0.1) is 0 Å². The Labute approximate surface area is 65.1 Å². The van der Waals surface area contributed by atoms with Gasteiger partial charge in [-0.3, -0.25) is 0 Å². The van der Waals surface area contributed by atoms with Crippen LogP contribution in [0.25, 0.3) is 0 Å². The molecule has 0 bridgehead atoms. The van der Waals surface area contributed by atoms with Gasteiger partial charge in [0, 0.05) is 17.8 Å². The molecule has 0 amide bonds. The molecular formula is C8H10N2O. The van der Waals surface area contributed by atoms with Gasteiger partial charge in [-0.15, -0.1) is 0 Å². The lowest BCUT2D eigenvalue weighted by Gasteiger charge is -1.97. The number of aliphatic hydroxyl groups is 1. The molecule has 0 radical (unpaired) electrons. The SMILES string of the molecule is OCc1nccc(C2CC2)n1. The fraction of sp³-hybridized carbons (Fsp3) is 0.500. The topological polar surface area (TPSA) is 46.0 Å². The van der Waals surface area contributed by atoms with Crippen LogP contribution in [-0.2, 0) is 6.61 Å². The minimum Gasteiger partial charge on any atom is -0.388 e. The van der Waals surface area contributed by atoms with Gasteiger partial charge in [-0.2, -0.15) is 0 Å². The summed E-state index contributed by atoms with van der Waals surface area (Å²) in [6.07, 6.45) is 4.19. The lowest BCUT2D eigenvalue weighted by Crippen LogP contribution is -1.96. The van der Waals surface area contributed by atoms with Gasteiger partial charge >= 0.3 is 0 Å². The lowest BCUT2D eigenvalue weighted by molar-refractivity contribution is 0.271. The second-order valence-corrected chi connectivity index (χ2v) is 2.83. The van der Waals surface area contributed by atoms with Crippen molar-refractivity contribution in [2.45, 2.75) is 25.4 Å². The molecule has 1 aromatic rings. The molecule has 1 aliphatic carbocycles. The Morgan fingerprint density at radius 3 is 3.00 bits per heavy atom. The van der Waals surface area contributed by atoms with Crippen LogP contribution in [0.15, 0.2) is 12.3 Å². The summed E-state index contributed by atoms with van der Waals surface area (Å²) in [6, 6.07) is 1.93. The first-order valence-electron chi connectivity index (χ1n) is 3.83. The maximum atomic E-state index is 8.74. The number of nitrogens with zero attached hydrogens (tertiary/aromatic N) is 2. The zero-order valence-electron chi connectivity index (χ0n) is 6.20. The van der Waals surface area contributed by atoms with Gasteiger partial charge in [-0.25, -0.2) is 9.97 Å². The van der Waals surface area contributed by atoms with Crippen LogP contribution >= 0.6 is 0 Å². The van der Waals surface area contributed by atoms with E-state index in [1.54, 1.807) is 6.20 Å². The summed E-state index contributed by atoms with van der Waals surface area (Å²) in [7, 11) is 0. The van der Waals surface area contributed by atoms with E-state index in [4.69, 9.17) is 5.11 Å². The van der Waals surface area contributed by atoms with Crippen molar-refractivity contribution < 1.29 is 5.11 Å². The number of rotatable bonds is 2. The van der Waals surface area contributed by atoms with Crippen LogP contribution in [0.4, 0.5) is 0 Å². The Kier molecular flexibility index (Phi) is 1.58. The van der Waals surface area contributed by atoms with Crippen molar-refractivity contribution in [2.24, 2.45) is 0 Å². The predicted molar refractivity (Wildman–Crippen MR) is 39.9 cm³/mol. The van der Waals surface area contributed by atoms with E-state index in [9.17, 15) is 0 Å². The molecule has 2 rings (SSSR count). The van der Waals surface area contributed by atoms with Gasteiger partial charge in [0.1, 0.15) is 6.61 Å². The first kappa shape index (κ1) is 6.73. The van der Waals surface area contributed by atoms with Gasteiger partial charge < -0.3 is 5.11 Å². The second-order valence-electron chi connectivity index (χ2n) is 2.83. The smallest absolute Gasteiger partial charge is 0.153 e. The summed E-state index contributed by atoms with van der Waals surface area (Å²) in [4.78, 5) is 8.10. The monoisotopic (exact) mass is 150 g/mol. The summed E-state index contributed by atoms with van der Waals surface area (Å²) in [5.74, 6) is 1.18. The minimum atomic E-state index is -0.0550. The van der Waals surface area contributed by atoms with E-state index in [0.717, 1.165) is 5.69 Å². The fourth-order valence-corrected chi connectivity index (χ4v) is 1.10. The van der Waals surface area contributed by atoms with Crippen molar-refractivity contribution in [1.82, 2.24) is 9.97 Å². The van der Waals surface area contributed by atoms with Gasteiger partial charge in [0.15, 0.2) is 5.82 Å². The molecule has 1 fully saturated rings. The second kappa shape index (κ2) is 2.58. The van der Waals surface area contributed by atoms with Crippen molar-refractivity contribution in [3.05, 3.63) is 23.8 Å². The molecule has 1 aliphatic rings. The molecule has 0 aromatic carbocycles. The van der Waals surface area contributed by atoms with Crippen molar-refractivity contribution >= 4 is 0 Å². The van der Waals surface area contributed by atoms with Gasteiger partial charge in [0.2, 0.25) is 0 Å². The number of aromatic nitrogens is 2. The molecule has 3 nitrogen and oxygen atoms in total. The maximum absolute atomic E-state index is 8.74. The van der Waals surface area contributed by atoms with E-state index in [2.05, 4.69) is 9.97 Å². The van der Waals surface area contributed by atoms with Crippen LogP contribution in [0.1, 0.15) is 30.3 Å². The van der Waals surface area contributed by atoms with E-state index >= 15 is 0 Å². The first-order chi connectivity index (χ1) is 5.40.